The molecule has 1 aromatic heterocycles. The van der Waals surface area contributed by atoms with Crippen LogP contribution in [0.25, 0.3) is 0 Å². The molecule has 3 aromatic rings. The Morgan fingerprint density at radius 2 is 1.90 bits per heavy atom. The highest BCUT2D eigenvalue weighted by molar-refractivity contribution is 5.96. The standard InChI is InChI=1S/C19H16FN5O4/c1-29-15-5-3-2-4-14(15)21-17(26)11-24-19(28)25-16(22-24)10-23(18(25)27)13-8-6-12(20)7-9-13/h2-9H,10-11H2,1H3,(H,21,26). The largest absolute Gasteiger partial charge is 0.495 e. The third kappa shape index (κ3) is 3.35. The van der Waals surface area contributed by atoms with E-state index in [1.807, 2.05) is 0 Å². The predicted octanol–water partition coefficient (Wildman–Crippen LogP) is 1.82. The molecule has 1 aliphatic heterocycles. The molecule has 29 heavy (non-hydrogen) atoms. The zero-order valence-corrected chi connectivity index (χ0v) is 15.3. The third-order valence-corrected chi connectivity index (χ3v) is 4.44. The Morgan fingerprint density at radius 3 is 2.59 bits per heavy atom. The number of benzene rings is 2. The first kappa shape index (κ1) is 18.4. The number of fused-ring (bicyclic) bond motifs is 1. The maximum absolute atomic E-state index is 13.1. The molecule has 0 saturated carbocycles. The van der Waals surface area contributed by atoms with Crippen molar-refractivity contribution in [2.75, 3.05) is 17.3 Å². The Bertz CT molecular complexity index is 1150. The summed E-state index contributed by atoms with van der Waals surface area (Å²) < 4.78 is 20.1. The number of nitrogens with one attached hydrogen (secondary N) is 1. The van der Waals surface area contributed by atoms with Crippen LogP contribution < -0.4 is 20.6 Å². The molecule has 0 unspecified atom stereocenters. The summed E-state index contributed by atoms with van der Waals surface area (Å²) in [5.74, 6) is -0.238. The number of rotatable bonds is 5. The fourth-order valence-corrected chi connectivity index (χ4v) is 3.08. The third-order valence-electron chi connectivity index (χ3n) is 4.44. The van der Waals surface area contributed by atoms with E-state index in [2.05, 4.69) is 10.4 Å². The fraction of sp³-hybridized carbons (Fsp3) is 0.158. The molecule has 2 heterocycles. The minimum Gasteiger partial charge on any atom is -0.495 e. The highest BCUT2D eigenvalue weighted by atomic mass is 19.1. The molecule has 1 N–H and O–H groups in total. The van der Waals surface area contributed by atoms with Gasteiger partial charge >= 0.3 is 11.7 Å². The Kier molecular flexibility index (Phi) is 4.59. The smallest absolute Gasteiger partial charge is 0.354 e. The lowest BCUT2D eigenvalue weighted by molar-refractivity contribution is -0.117. The number of methoxy groups -OCH3 is 1. The minimum absolute atomic E-state index is 0.0425. The van der Waals surface area contributed by atoms with Crippen LogP contribution in [0.3, 0.4) is 0 Å². The van der Waals surface area contributed by atoms with Crippen LogP contribution in [0.15, 0.2) is 53.3 Å². The van der Waals surface area contributed by atoms with E-state index >= 15 is 0 Å². The Hall–Kier alpha value is -3.95. The molecule has 0 spiro atoms. The van der Waals surface area contributed by atoms with Crippen molar-refractivity contribution in [3.63, 3.8) is 0 Å². The van der Waals surface area contributed by atoms with E-state index in [9.17, 15) is 18.8 Å². The van der Waals surface area contributed by atoms with Gasteiger partial charge in [-0.2, -0.15) is 9.67 Å². The number of amides is 2. The Labute approximate surface area is 163 Å². The fourth-order valence-electron chi connectivity index (χ4n) is 3.08. The number of carbonyl (C=O) groups excluding carboxylic acids is 2. The van der Waals surface area contributed by atoms with Crippen LogP contribution in [-0.4, -0.2) is 33.4 Å². The molecule has 10 heteroatoms. The van der Waals surface area contributed by atoms with Crippen LogP contribution >= 0.6 is 0 Å². The second-order valence-corrected chi connectivity index (χ2v) is 6.29. The second kappa shape index (κ2) is 7.23. The van der Waals surface area contributed by atoms with Crippen molar-refractivity contribution < 1.29 is 18.7 Å². The normalized spacial score (nSPS) is 12.8. The van der Waals surface area contributed by atoms with Crippen LogP contribution in [0.2, 0.25) is 0 Å². The van der Waals surface area contributed by atoms with E-state index in [1.165, 1.54) is 36.3 Å². The molecule has 148 valence electrons. The van der Waals surface area contributed by atoms with E-state index in [0.29, 0.717) is 17.1 Å². The Morgan fingerprint density at radius 1 is 1.17 bits per heavy atom. The van der Waals surface area contributed by atoms with Gasteiger partial charge in [0.05, 0.1) is 19.3 Å². The van der Waals surface area contributed by atoms with Gasteiger partial charge in [-0.15, -0.1) is 0 Å². The molecule has 4 rings (SSSR count). The second-order valence-electron chi connectivity index (χ2n) is 6.29. The number of ether oxygens (including phenoxy) is 1. The summed E-state index contributed by atoms with van der Waals surface area (Å²) in [6, 6.07) is 11.6. The van der Waals surface area contributed by atoms with E-state index < -0.39 is 23.4 Å². The number of para-hydroxylation sites is 2. The highest BCUT2D eigenvalue weighted by Crippen LogP contribution is 2.24. The van der Waals surface area contributed by atoms with E-state index in [-0.39, 0.29) is 18.9 Å². The summed E-state index contributed by atoms with van der Waals surface area (Å²) in [6.07, 6.45) is 0. The molecule has 1 aliphatic rings. The molecule has 0 saturated heterocycles. The van der Waals surface area contributed by atoms with Crippen molar-refractivity contribution in [2.24, 2.45) is 0 Å². The topological polar surface area (TPSA) is 98.5 Å². The molecule has 9 nitrogen and oxygen atoms in total. The Balaban J connectivity index is 1.51. The number of halogens is 1. The molecule has 0 fully saturated rings. The van der Waals surface area contributed by atoms with Crippen molar-refractivity contribution in [3.05, 3.63) is 70.7 Å². The monoisotopic (exact) mass is 397 g/mol. The lowest BCUT2D eigenvalue weighted by Crippen LogP contribution is -2.36. The molecule has 2 amide bonds. The van der Waals surface area contributed by atoms with Crippen molar-refractivity contribution in [2.45, 2.75) is 13.1 Å². The van der Waals surface area contributed by atoms with Crippen LogP contribution in [-0.2, 0) is 17.9 Å². The van der Waals surface area contributed by atoms with Gasteiger partial charge in [-0.3, -0.25) is 9.69 Å². The number of anilines is 2. The maximum Gasteiger partial charge on any atom is 0.354 e. The van der Waals surface area contributed by atoms with Crippen LogP contribution in [0.4, 0.5) is 20.6 Å². The molecule has 0 aliphatic carbocycles. The van der Waals surface area contributed by atoms with Gasteiger partial charge in [-0.1, -0.05) is 12.1 Å². The van der Waals surface area contributed by atoms with Crippen molar-refractivity contribution in [1.29, 1.82) is 0 Å². The summed E-state index contributed by atoms with van der Waals surface area (Å²) >= 11 is 0. The molecule has 0 atom stereocenters. The first-order valence-corrected chi connectivity index (χ1v) is 8.67. The molecule has 0 radical (unpaired) electrons. The van der Waals surface area contributed by atoms with Gasteiger partial charge in [0.25, 0.3) is 0 Å². The van der Waals surface area contributed by atoms with Gasteiger partial charge in [0.2, 0.25) is 5.91 Å². The highest BCUT2D eigenvalue weighted by Gasteiger charge is 2.33. The van der Waals surface area contributed by atoms with Gasteiger partial charge in [0, 0.05) is 5.69 Å². The van der Waals surface area contributed by atoms with Crippen LogP contribution in [0.5, 0.6) is 5.75 Å². The number of aromatic nitrogens is 3. The van der Waals surface area contributed by atoms with Gasteiger partial charge < -0.3 is 10.1 Å². The first-order chi connectivity index (χ1) is 14.0. The lowest BCUT2D eigenvalue weighted by atomic mass is 10.3. The van der Waals surface area contributed by atoms with E-state index in [4.69, 9.17) is 4.74 Å². The summed E-state index contributed by atoms with van der Waals surface area (Å²) in [5, 5.41) is 6.75. The van der Waals surface area contributed by atoms with Crippen molar-refractivity contribution in [3.8, 4) is 5.75 Å². The number of nitrogens with zero attached hydrogens (tertiary/aromatic N) is 4. The summed E-state index contributed by atoms with van der Waals surface area (Å²) in [6.45, 7) is -0.318. The lowest BCUT2D eigenvalue weighted by Gasteiger charge is -2.14. The number of hydrogen-bond donors (Lipinski definition) is 1. The molecule has 2 aromatic carbocycles. The zero-order chi connectivity index (χ0) is 20.5. The predicted molar refractivity (Wildman–Crippen MR) is 101 cm³/mol. The SMILES string of the molecule is COc1ccccc1NC(=O)Cn1nc2n(c1=O)C(=O)N(c1ccc(F)cc1)C2. The first-order valence-electron chi connectivity index (χ1n) is 8.67. The molecular formula is C19H16FN5O4. The number of hydrogen-bond acceptors (Lipinski definition) is 5. The van der Waals surface area contributed by atoms with Gasteiger partial charge in [-0.25, -0.2) is 18.7 Å². The minimum atomic E-state index is -0.718. The zero-order valence-electron chi connectivity index (χ0n) is 15.3. The summed E-state index contributed by atoms with van der Waals surface area (Å²) in [4.78, 5) is 38.8. The average molecular weight is 397 g/mol. The number of carbonyl (C=O) groups is 2. The van der Waals surface area contributed by atoms with Gasteiger partial charge in [-0.05, 0) is 36.4 Å². The molecular weight excluding hydrogens is 381 g/mol. The van der Waals surface area contributed by atoms with E-state index in [0.717, 1.165) is 9.25 Å². The van der Waals surface area contributed by atoms with Crippen LogP contribution in [0.1, 0.15) is 5.82 Å². The van der Waals surface area contributed by atoms with Crippen molar-refractivity contribution in [1.82, 2.24) is 14.3 Å². The quantitative estimate of drug-likeness (QED) is 0.708. The maximum atomic E-state index is 13.1. The van der Waals surface area contributed by atoms with E-state index in [1.54, 1.807) is 24.3 Å². The van der Waals surface area contributed by atoms with Gasteiger partial charge in [0.15, 0.2) is 5.82 Å². The molecule has 0 bridgehead atoms. The van der Waals surface area contributed by atoms with Crippen molar-refractivity contribution >= 4 is 23.3 Å². The van der Waals surface area contributed by atoms with Gasteiger partial charge in [0.1, 0.15) is 18.1 Å². The summed E-state index contributed by atoms with van der Waals surface area (Å²) in [5.41, 5.74) is 0.185. The summed E-state index contributed by atoms with van der Waals surface area (Å²) in [7, 11) is 1.48. The average Bonchev–Trinajstić information content (AvgIpc) is 3.19. The van der Waals surface area contributed by atoms with Crippen LogP contribution in [0, 0.1) is 5.82 Å².